The fourth-order valence-corrected chi connectivity index (χ4v) is 2.40. The molecule has 0 bridgehead atoms. The number of oxime groups is 1. The lowest BCUT2D eigenvalue weighted by Gasteiger charge is -2.22. The van der Waals surface area contributed by atoms with E-state index in [0.717, 1.165) is 32.5 Å². The van der Waals surface area contributed by atoms with Crippen molar-refractivity contribution in [1.82, 2.24) is 5.32 Å². The largest absolute Gasteiger partial charge is 0.409 e. The maximum atomic E-state index is 8.68. The first kappa shape index (κ1) is 16.2. The van der Waals surface area contributed by atoms with Crippen LogP contribution in [0, 0.1) is 5.41 Å². The van der Waals surface area contributed by atoms with E-state index >= 15 is 0 Å². The lowest BCUT2D eigenvalue weighted by atomic mass is 9.86. The highest BCUT2D eigenvalue weighted by Crippen LogP contribution is 2.22. The van der Waals surface area contributed by atoms with Crippen molar-refractivity contribution in [1.29, 1.82) is 0 Å². The maximum absolute atomic E-state index is 8.68. The highest BCUT2D eigenvalue weighted by Gasteiger charge is 2.22. The molecular weight excluding hydrogens is 242 g/mol. The summed E-state index contributed by atoms with van der Waals surface area (Å²) in [5, 5.41) is 15.1. The third-order valence-corrected chi connectivity index (χ3v) is 3.89. The molecular formula is C14H29N3O2. The summed E-state index contributed by atoms with van der Waals surface area (Å²) in [4.78, 5) is 0. The number of hydrogen-bond donors (Lipinski definition) is 3. The van der Waals surface area contributed by atoms with Crippen molar-refractivity contribution in [3.63, 3.8) is 0 Å². The van der Waals surface area contributed by atoms with Gasteiger partial charge in [-0.1, -0.05) is 31.8 Å². The van der Waals surface area contributed by atoms with E-state index in [0.29, 0.717) is 11.9 Å². The standard InChI is InChI=1S/C14H29N3O2/c1-14(2,13(15)17-18)8-5-9-16-10-11-19-12-6-3-4-7-12/h12,16,18H,3-11H2,1-2H3,(H2,15,17). The molecule has 1 aliphatic carbocycles. The molecule has 5 nitrogen and oxygen atoms in total. The highest BCUT2D eigenvalue weighted by molar-refractivity contribution is 5.85. The van der Waals surface area contributed by atoms with Crippen molar-refractivity contribution in [3.05, 3.63) is 0 Å². The molecule has 1 saturated carbocycles. The Morgan fingerprint density at radius 1 is 1.37 bits per heavy atom. The zero-order chi connectivity index (χ0) is 14.1. The van der Waals surface area contributed by atoms with E-state index in [1.165, 1.54) is 25.7 Å². The molecule has 5 heteroatoms. The second-order valence-corrected chi connectivity index (χ2v) is 6.00. The van der Waals surface area contributed by atoms with Crippen molar-refractivity contribution < 1.29 is 9.94 Å². The van der Waals surface area contributed by atoms with E-state index < -0.39 is 0 Å². The number of amidine groups is 1. The molecule has 1 fully saturated rings. The zero-order valence-corrected chi connectivity index (χ0v) is 12.3. The summed E-state index contributed by atoms with van der Waals surface area (Å²) < 4.78 is 5.77. The van der Waals surface area contributed by atoms with Gasteiger partial charge >= 0.3 is 0 Å². The van der Waals surface area contributed by atoms with Gasteiger partial charge in [-0.3, -0.25) is 0 Å². The van der Waals surface area contributed by atoms with Gasteiger partial charge < -0.3 is 21.0 Å². The van der Waals surface area contributed by atoms with Crippen molar-refractivity contribution in [2.24, 2.45) is 16.3 Å². The molecule has 0 saturated heterocycles. The number of nitrogens with two attached hydrogens (primary N) is 1. The molecule has 0 heterocycles. The van der Waals surface area contributed by atoms with Crippen molar-refractivity contribution >= 4 is 5.84 Å². The Hall–Kier alpha value is -0.810. The van der Waals surface area contributed by atoms with E-state index in [1.807, 2.05) is 13.8 Å². The van der Waals surface area contributed by atoms with E-state index in [4.69, 9.17) is 15.7 Å². The van der Waals surface area contributed by atoms with E-state index in [2.05, 4.69) is 10.5 Å². The van der Waals surface area contributed by atoms with Gasteiger partial charge in [-0.2, -0.15) is 0 Å². The third-order valence-electron chi connectivity index (χ3n) is 3.89. The SMILES string of the molecule is CC(C)(CCCNCCOC1CCCC1)C(N)=NO. The van der Waals surface area contributed by atoms with Gasteiger partial charge in [-0.05, 0) is 32.2 Å². The Kier molecular flexibility index (Phi) is 7.16. The Labute approximate surface area is 116 Å². The summed E-state index contributed by atoms with van der Waals surface area (Å²) in [5.74, 6) is 0.303. The van der Waals surface area contributed by atoms with Crippen LogP contribution < -0.4 is 11.1 Å². The van der Waals surface area contributed by atoms with Gasteiger partial charge in [-0.15, -0.1) is 0 Å². The number of rotatable bonds is 9. The summed E-state index contributed by atoms with van der Waals surface area (Å²) in [6, 6.07) is 0. The highest BCUT2D eigenvalue weighted by atomic mass is 16.5. The molecule has 1 rings (SSSR count). The second-order valence-electron chi connectivity index (χ2n) is 6.00. The average Bonchev–Trinajstić information content (AvgIpc) is 2.89. The number of nitrogens with one attached hydrogen (secondary N) is 1. The number of nitrogens with zero attached hydrogens (tertiary/aromatic N) is 1. The fourth-order valence-electron chi connectivity index (χ4n) is 2.40. The van der Waals surface area contributed by atoms with Crippen LogP contribution in [0.5, 0.6) is 0 Å². The van der Waals surface area contributed by atoms with Crippen molar-refractivity contribution in [3.8, 4) is 0 Å². The number of ether oxygens (including phenoxy) is 1. The van der Waals surface area contributed by atoms with Gasteiger partial charge in [0.15, 0.2) is 0 Å². The van der Waals surface area contributed by atoms with E-state index in [1.54, 1.807) is 0 Å². The minimum atomic E-state index is -0.239. The summed E-state index contributed by atoms with van der Waals surface area (Å²) in [7, 11) is 0. The number of hydrogen-bond acceptors (Lipinski definition) is 4. The molecule has 0 spiro atoms. The molecule has 0 amide bonds. The predicted molar refractivity (Wildman–Crippen MR) is 77.5 cm³/mol. The van der Waals surface area contributed by atoms with E-state index in [-0.39, 0.29) is 5.41 Å². The van der Waals surface area contributed by atoms with Crippen LogP contribution in [-0.2, 0) is 4.74 Å². The van der Waals surface area contributed by atoms with Gasteiger partial charge in [0.05, 0.1) is 12.7 Å². The summed E-state index contributed by atoms with van der Waals surface area (Å²) in [6.45, 7) is 6.63. The fraction of sp³-hybridized carbons (Fsp3) is 0.929. The first-order valence-corrected chi connectivity index (χ1v) is 7.36. The van der Waals surface area contributed by atoms with Crippen molar-refractivity contribution in [2.45, 2.75) is 58.5 Å². The molecule has 112 valence electrons. The molecule has 0 unspecified atom stereocenters. The minimum absolute atomic E-state index is 0.239. The van der Waals surface area contributed by atoms with Gasteiger partial charge in [0, 0.05) is 12.0 Å². The molecule has 0 aromatic carbocycles. The van der Waals surface area contributed by atoms with Crippen LogP contribution in [-0.4, -0.2) is 36.8 Å². The second kappa shape index (κ2) is 8.38. The van der Waals surface area contributed by atoms with Crippen LogP contribution in [0.15, 0.2) is 5.16 Å². The van der Waals surface area contributed by atoms with Crippen LogP contribution in [0.1, 0.15) is 52.4 Å². The molecule has 0 aromatic rings. The van der Waals surface area contributed by atoms with Gasteiger partial charge in [0.1, 0.15) is 5.84 Å². The van der Waals surface area contributed by atoms with Crippen LogP contribution in [0.2, 0.25) is 0 Å². The van der Waals surface area contributed by atoms with Crippen LogP contribution in [0.3, 0.4) is 0 Å². The van der Waals surface area contributed by atoms with Gasteiger partial charge in [0.2, 0.25) is 0 Å². The van der Waals surface area contributed by atoms with Crippen LogP contribution in [0.25, 0.3) is 0 Å². The Bertz CT molecular complexity index is 274. The van der Waals surface area contributed by atoms with Crippen LogP contribution in [0.4, 0.5) is 0 Å². The predicted octanol–water partition coefficient (Wildman–Crippen LogP) is 2.09. The van der Waals surface area contributed by atoms with Crippen molar-refractivity contribution in [2.75, 3.05) is 19.7 Å². The zero-order valence-electron chi connectivity index (χ0n) is 12.3. The summed E-state index contributed by atoms with van der Waals surface area (Å²) >= 11 is 0. The first-order chi connectivity index (χ1) is 9.06. The monoisotopic (exact) mass is 271 g/mol. The van der Waals surface area contributed by atoms with Crippen LogP contribution >= 0.6 is 0 Å². The van der Waals surface area contributed by atoms with E-state index in [9.17, 15) is 0 Å². The Morgan fingerprint density at radius 2 is 2.05 bits per heavy atom. The lowest BCUT2D eigenvalue weighted by Crippen LogP contribution is -2.33. The molecule has 19 heavy (non-hydrogen) atoms. The molecule has 0 aromatic heterocycles. The average molecular weight is 271 g/mol. The van der Waals surface area contributed by atoms with Gasteiger partial charge in [0.25, 0.3) is 0 Å². The smallest absolute Gasteiger partial charge is 0.144 e. The normalized spacial score (nSPS) is 18.1. The Balaban J connectivity index is 1.96. The summed E-state index contributed by atoms with van der Waals surface area (Å²) in [6.07, 6.45) is 7.51. The molecule has 0 atom stereocenters. The molecule has 4 N–H and O–H groups in total. The molecule has 0 aliphatic heterocycles. The third kappa shape index (κ3) is 6.25. The first-order valence-electron chi connectivity index (χ1n) is 7.36. The Morgan fingerprint density at radius 3 is 2.68 bits per heavy atom. The molecule has 1 aliphatic rings. The maximum Gasteiger partial charge on any atom is 0.144 e. The topological polar surface area (TPSA) is 79.9 Å². The van der Waals surface area contributed by atoms with Gasteiger partial charge in [-0.25, -0.2) is 0 Å². The quantitative estimate of drug-likeness (QED) is 0.197. The minimum Gasteiger partial charge on any atom is -0.409 e. The summed E-state index contributed by atoms with van der Waals surface area (Å²) in [5.41, 5.74) is 5.40. The molecule has 0 radical (unpaired) electrons. The lowest BCUT2D eigenvalue weighted by molar-refractivity contribution is 0.0604.